The molecule has 0 atom stereocenters. The van der Waals surface area contributed by atoms with Crippen LogP contribution in [0, 0.1) is 0 Å². The van der Waals surface area contributed by atoms with Gasteiger partial charge in [-0.1, -0.05) is 12.1 Å². The molecule has 1 aliphatic rings. The van der Waals surface area contributed by atoms with Gasteiger partial charge in [0.25, 0.3) is 5.91 Å². The zero-order chi connectivity index (χ0) is 12.3. The Morgan fingerprint density at radius 2 is 2.12 bits per heavy atom. The van der Waals surface area contributed by atoms with Crippen LogP contribution in [0.2, 0.25) is 0 Å². The molecular weight excluding hydrogens is 222 g/mol. The van der Waals surface area contributed by atoms with Crippen LogP contribution >= 0.6 is 0 Å². The number of hydrogen-bond donors (Lipinski definition) is 3. The molecule has 6 heteroatoms. The third-order valence-electron chi connectivity index (χ3n) is 2.32. The number of hydrogen-bond acceptors (Lipinski definition) is 4. The number of nitrogens with one attached hydrogen (secondary N) is 2. The van der Waals surface area contributed by atoms with E-state index in [4.69, 9.17) is 0 Å². The summed E-state index contributed by atoms with van der Waals surface area (Å²) in [5, 5.41) is 15.7. The van der Waals surface area contributed by atoms with Crippen LogP contribution in [-0.2, 0) is 9.59 Å². The first-order valence-corrected chi connectivity index (χ1v) is 5.11. The van der Waals surface area contributed by atoms with Crippen molar-refractivity contribution in [2.75, 3.05) is 5.32 Å². The third kappa shape index (κ3) is 2.60. The minimum absolute atomic E-state index is 0.0127. The summed E-state index contributed by atoms with van der Waals surface area (Å²) in [6.45, 7) is 0. The lowest BCUT2D eigenvalue weighted by atomic mass is 10.1. The van der Waals surface area contributed by atoms with Crippen molar-refractivity contribution >= 4 is 23.2 Å². The van der Waals surface area contributed by atoms with E-state index in [1.54, 1.807) is 18.2 Å². The molecule has 88 valence electrons. The van der Waals surface area contributed by atoms with Crippen molar-refractivity contribution < 1.29 is 14.7 Å². The Morgan fingerprint density at radius 1 is 1.35 bits per heavy atom. The summed E-state index contributed by atoms with van der Waals surface area (Å²) < 4.78 is 0. The van der Waals surface area contributed by atoms with Crippen molar-refractivity contribution in [3.63, 3.8) is 0 Å². The molecule has 0 fully saturated rings. The molecule has 0 spiro atoms. The number of nitrogens with zero attached hydrogens (tertiary/aromatic N) is 1. The molecule has 6 nitrogen and oxygen atoms in total. The van der Waals surface area contributed by atoms with Gasteiger partial charge in [-0.15, -0.1) is 0 Å². The molecule has 1 aliphatic heterocycles. The number of aromatic hydroxyl groups is 1. The van der Waals surface area contributed by atoms with Gasteiger partial charge in [0.05, 0.1) is 5.69 Å². The monoisotopic (exact) mass is 233 g/mol. The van der Waals surface area contributed by atoms with E-state index in [0.29, 0.717) is 12.1 Å². The summed E-state index contributed by atoms with van der Waals surface area (Å²) in [5.74, 6) is -0.642. The first-order chi connectivity index (χ1) is 8.16. The average Bonchev–Trinajstić information content (AvgIpc) is 2.33. The largest absolute Gasteiger partial charge is 0.506 e. The fraction of sp³-hybridized carbons (Fsp3) is 0.182. The molecule has 1 aromatic rings. The maximum Gasteiger partial charge on any atom is 0.271 e. The third-order valence-corrected chi connectivity index (χ3v) is 2.32. The molecule has 0 aromatic heterocycles. The van der Waals surface area contributed by atoms with Crippen molar-refractivity contribution in [2.45, 2.75) is 12.8 Å². The second kappa shape index (κ2) is 4.65. The van der Waals surface area contributed by atoms with Crippen LogP contribution in [0.1, 0.15) is 12.8 Å². The Balaban J connectivity index is 2.07. The highest BCUT2D eigenvalue weighted by molar-refractivity contribution is 6.43. The van der Waals surface area contributed by atoms with Gasteiger partial charge in [0, 0.05) is 12.8 Å². The van der Waals surface area contributed by atoms with Gasteiger partial charge in [-0.2, -0.15) is 5.10 Å². The minimum Gasteiger partial charge on any atom is -0.506 e. The van der Waals surface area contributed by atoms with E-state index in [9.17, 15) is 14.7 Å². The molecule has 0 radical (unpaired) electrons. The number of carbonyl (C=O) groups excluding carboxylic acids is 2. The second-order valence-corrected chi connectivity index (χ2v) is 3.56. The van der Waals surface area contributed by atoms with Crippen LogP contribution in [0.3, 0.4) is 0 Å². The zero-order valence-corrected chi connectivity index (χ0v) is 8.93. The number of amides is 2. The fourth-order valence-corrected chi connectivity index (χ4v) is 1.41. The van der Waals surface area contributed by atoms with Gasteiger partial charge < -0.3 is 10.4 Å². The summed E-state index contributed by atoms with van der Waals surface area (Å²) in [7, 11) is 0. The van der Waals surface area contributed by atoms with E-state index in [-0.39, 0.29) is 23.8 Å². The Labute approximate surface area is 97.3 Å². The number of phenols is 1. The van der Waals surface area contributed by atoms with Crippen molar-refractivity contribution in [1.82, 2.24) is 5.43 Å². The van der Waals surface area contributed by atoms with Crippen LogP contribution in [0.5, 0.6) is 5.75 Å². The highest BCUT2D eigenvalue weighted by Gasteiger charge is 2.18. The van der Waals surface area contributed by atoms with E-state index in [0.717, 1.165) is 0 Å². The van der Waals surface area contributed by atoms with Crippen LogP contribution in [0.15, 0.2) is 29.4 Å². The number of para-hydroxylation sites is 2. The van der Waals surface area contributed by atoms with Crippen LogP contribution < -0.4 is 10.7 Å². The molecule has 17 heavy (non-hydrogen) atoms. The predicted octanol–water partition coefficient (Wildman–Crippen LogP) is 0.597. The molecule has 0 bridgehead atoms. The number of hydrazone groups is 1. The maximum absolute atomic E-state index is 11.7. The van der Waals surface area contributed by atoms with Crippen LogP contribution in [0.4, 0.5) is 5.69 Å². The SMILES string of the molecule is O=C1CCC(C(=O)Nc2ccccc2O)=NN1. The zero-order valence-electron chi connectivity index (χ0n) is 8.93. The molecule has 2 rings (SSSR count). The quantitative estimate of drug-likeness (QED) is 0.653. The Morgan fingerprint density at radius 3 is 2.76 bits per heavy atom. The highest BCUT2D eigenvalue weighted by Crippen LogP contribution is 2.21. The summed E-state index contributed by atoms with van der Waals surface area (Å²) in [6, 6.07) is 6.40. The van der Waals surface area contributed by atoms with Crippen molar-refractivity contribution in [3.05, 3.63) is 24.3 Å². The lowest BCUT2D eigenvalue weighted by molar-refractivity contribution is -0.121. The minimum atomic E-state index is -0.425. The molecule has 1 aromatic carbocycles. The highest BCUT2D eigenvalue weighted by atomic mass is 16.3. The van der Waals surface area contributed by atoms with Crippen LogP contribution in [0.25, 0.3) is 0 Å². The molecule has 0 saturated heterocycles. The van der Waals surface area contributed by atoms with Crippen LogP contribution in [-0.4, -0.2) is 22.6 Å². The van der Waals surface area contributed by atoms with E-state index < -0.39 is 5.91 Å². The smallest absolute Gasteiger partial charge is 0.271 e. The van der Waals surface area contributed by atoms with E-state index in [2.05, 4.69) is 15.8 Å². The van der Waals surface area contributed by atoms with Gasteiger partial charge in [0.1, 0.15) is 11.5 Å². The van der Waals surface area contributed by atoms with Gasteiger partial charge >= 0.3 is 0 Å². The molecule has 2 amide bonds. The van der Waals surface area contributed by atoms with Crippen molar-refractivity contribution in [3.8, 4) is 5.75 Å². The summed E-state index contributed by atoms with van der Waals surface area (Å²) in [6.07, 6.45) is 0.540. The number of phenolic OH excluding ortho intramolecular Hbond substituents is 1. The predicted molar refractivity (Wildman–Crippen MR) is 61.5 cm³/mol. The first kappa shape index (κ1) is 11.1. The molecule has 1 heterocycles. The maximum atomic E-state index is 11.7. The van der Waals surface area contributed by atoms with E-state index >= 15 is 0 Å². The Kier molecular flexibility index (Phi) is 3.04. The molecule has 0 saturated carbocycles. The first-order valence-electron chi connectivity index (χ1n) is 5.11. The number of benzene rings is 1. The summed E-state index contributed by atoms with van der Waals surface area (Å²) in [4.78, 5) is 22.6. The van der Waals surface area contributed by atoms with Gasteiger partial charge in [-0.3, -0.25) is 9.59 Å². The molecular formula is C11H11N3O3. The summed E-state index contributed by atoms with van der Waals surface area (Å²) >= 11 is 0. The lowest BCUT2D eigenvalue weighted by Gasteiger charge is -2.12. The lowest BCUT2D eigenvalue weighted by Crippen LogP contribution is -2.32. The molecule has 3 N–H and O–H groups in total. The van der Waals surface area contributed by atoms with E-state index in [1.807, 2.05) is 0 Å². The standard InChI is InChI=1S/C11H11N3O3/c15-9-4-2-1-3-7(9)12-11(17)8-5-6-10(16)14-13-8/h1-4,15H,5-6H2,(H,12,17)(H,14,16). The fourth-order valence-electron chi connectivity index (χ4n) is 1.41. The van der Waals surface area contributed by atoms with Gasteiger partial charge in [-0.05, 0) is 12.1 Å². The number of anilines is 1. The van der Waals surface area contributed by atoms with Crippen molar-refractivity contribution in [1.29, 1.82) is 0 Å². The molecule has 0 unspecified atom stereocenters. The normalized spacial score (nSPS) is 14.8. The number of carbonyl (C=O) groups is 2. The summed E-state index contributed by atoms with van der Waals surface area (Å²) in [5.41, 5.74) is 2.80. The number of rotatable bonds is 2. The van der Waals surface area contributed by atoms with Gasteiger partial charge in [-0.25, -0.2) is 5.43 Å². The Hall–Kier alpha value is -2.37. The van der Waals surface area contributed by atoms with Gasteiger partial charge in [0.2, 0.25) is 5.91 Å². The molecule has 0 aliphatic carbocycles. The Bertz CT molecular complexity index is 496. The van der Waals surface area contributed by atoms with E-state index in [1.165, 1.54) is 6.07 Å². The van der Waals surface area contributed by atoms with Gasteiger partial charge in [0.15, 0.2) is 0 Å². The average molecular weight is 233 g/mol. The van der Waals surface area contributed by atoms with Crippen molar-refractivity contribution in [2.24, 2.45) is 5.10 Å². The second-order valence-electron chi connectivity index (χ2n) is 3.56. The topological polar surface area (TPSA) is 90.8 Å².